The topological polar surface area (TPSA) is 47.0 Å². The molecule has 2 aromatic rings. The molecule has 0 fully saturated rings. The van der Waals surface area contributed by atoms with Crippen LogP contribution < -0.4 is 5.32 Å². The predicted molar refractivity (Wildman–Crippen MR) is 71.0 cm³/mol. The first-order valence-corrected chi connectivity index (χ1v) is 6.17. The summed E-state index contributed by atoms with van der Waals surface area (Å²) in [4.78, 5) is 8.38. The van der Waals surface area contributed by atoms with E-state index in [1.165, 1.54) is 6.07 Å². The number of halogens is 2. The fourth-order valence-corrected chi connectivity index (χ4v) is 1.66. The Labute approximate surface area is 115 Å². The Hall–Kier alpha value is -1.92. The van der Waals surface area contributed by atoms with Gasteiger partial charge in [0.1, 0.15) is 0 Å². The number of rotatable bonds is 6. The molecule has 0 radical (unpaired) electrons. The third-order valence-corrected chi connectivity index (χ3v) is 2.68. The van der Waals surface area contributed by atoms with E-state index in [1.54, 1.807) is 19.4 Å². The van der Waals surface area contributed by atoms with Gasteiger partial charge in [-0.25, -0.2) is 18.7 Å². The molecule has 0 atom stereocenters. The molecule has 0 saturated heterocycles. The lowest BCUT2D eigenvalue weighted by molar-refractivity contribution is 0.199. The van der Waals surface area contributed by atoms with Crippen molar-refractivity contribution in [2.45, 2.75) is 6.54 Å². The van der Waals surface area contributed by atoms with Crippen molar-refractivity contribution >= 4 is 0 Å². The van der Waals surface area contributed by atoms with E-state index in [0.717, 1.165) is 17.8 Å². The van der Waals surface area contributed by atoms with Gasteiger partial charge in [-0.1, -0.05) is 0 Å². The molecule has 20 heavy (non-hydrogen) atoms. The monoisotopic (exact) mass is 279 g/mol. The van der Waals surface area contributed by atoms with Crippen LogP contribution in [0, 0.1) is 11.6 Å². The fraction of sp³-hybridized carbons (Fsp3) is 0.286. The average Bonchev–Trinajstić information content (AvgIpc) is 2.47. The largest absolute Gasteiger partial charge is 0.383 e. The van der Waals surface area contributed by atoms with E-state index < -0.39 is 11.6 Å². The molecule has 1 aromatic heterocycles. The standard InChI is InChI=1S/C14H15F2N3O/c1-20-7-6-17-9-11-4-5-18-14(19-11)10-2-3-12(15)13(16)8-10/h2-5,8,17H,6-7,9H2,1H3. The van der Waals surface area contributed by atoms with Crippen molar-refractivity contribution in [1.82, 2.24) is 15.3 Å². The van der Waals surface area contributed by atoms with Crippen LogP contribution in [0.15, 0.2) is 30.5 Å². The van der Waals surface area contributed by atoms with E-state index in [0.29, 0.717) is 31.1 Å². The summed E-state index contributed by atoms with van der Waals surface area (Å²) in [6.45, 7) is 1.88. The minimum atomic E-state index is -0.908. The molecule has 106 valence electrons. The predicted octanol–water partition coefficient (Wildman–Crippen LogP) is 2.16. The van der Waals surface area contributed by atoms with Crippen LogP contribution in [-0.2, 0) is 11.3 Å². The zero-order valence-corrected chi connectivity index (χ0v) is 11.1. The molecule has 0 saturated carbocycles. The molecule has 0 bridgehead atoms. The Bertz CT molecular complexity index is 578. The molecule has 1 aromatic carbocycles. The van der Waals surface area contributed by atoms with Crippen LogP contribution in [0.4, 0.5) is 8.78 Å². The molecule has 1 N–H and O–H groups in total. The summed E-state index contributed by atoms with van der Waals surface area (Å²) in [5, 5.41) is 3.15. The van der Waals surface area contributed by atoms with Crippen molar-refractivity contribution in [3.8, 4) is 11.4 Å². The van der Waals surface area contributed by atoms with E-state index in [-0.39, 0.29) is 0 Å². The van der Waals surface area contributed by atoms with Crippen LogP contribution in [0.2, 0.25) is 0 Å². The lowest BCUT2D eigenvalue weighted by Gasteiger charge is -2.06. The maximum absolute atomic E-state index is 13.2. The average molecular weight is 279 g/mol. The SMILES string of the molecule is COCCNCc1ccnc(-c2ccc(F)c(F)c2)n1. The van der Waals surface area contributed by atoms with E-state index in [4.69, 9.17) is 4.74 Å². The molecule has 0 aliphatic rings. The summed E-state index contributed by atoms with van der Waals surface area (Å²) in [6, 6.07) is 5.38. The summed E-state index contributed by atoms with van der Waals surface area (Å²) in [5.74, 6) is -1.42. The number of benzene rings is 1. The van der Waals surface area contributed by atoms with Gasteiger partial charge < -0.3 is 10.1 Å². The van der Waals surface area contributed by atoms with Crippen LogP contribution in [0.3, 0.4) is 0 Å². The zero-order valence-electron chi connectivity index (χ0n) is 11.1. The van der Waals surface area contributed by atoms with Gasteiger partial charge in [-0.15, -0.1) is 0 Å². The minimum absolute atomic E-state index is 0.370. The van der Waals surface area contributed by atoms with Gasteiger partial charge in [-0.2, -0.15) is 0 Å². The quantitative estimate of drug-likeness (QED) is 0.823. The highest BCUT2D eigenvalue weighted by atomic mass is 19.2. The molecule has 0 aliphatic carbocycles. The molecule has 6 heteroatoms. The third-order valence-electron chi connectivity index (χ3n) is 2.68. The number of ether oxygens (including phenoxy) is 1. The number of hydrogen-bond donors (Lipinski definition) is 1. The molecule has 0 spiro atoms. The second-order valence-corrected chi connectivity index (χ2v) is 4.17. The number of nitrogens with one attached hydrogen (secondary N) is 1. The van der Waals surface area contributed by atoms with E-state index >= 15 is 0 Å². The summed E-state index contributed by atoms with van der Waals surface area (Å²) in [5.41, 5.74) is 1.22. The van der Waals surface area contributed by atoms with Crippen LogP contribution >= 0.6 is 0 Å². The Kier molecular flexibility index (Phi) is 5.09. The summed E-state index contributed by atoms with van der Waals surface area (Å²) >= 11 is 0. The lowest BCUT2D eigenvalue weighted by Crippen LogP contribution is -2.19. The maximum atomic E-state index is 13.2. The Morgan fingerprint density at radius 2 is 2.05 bits per heavy atom. The van der Waals surface area contributed by atoms with Crippen molar-refractivity contribution in [3.63, 3.8) is 0 Å². The number of methoxy groups -OCH3 is 1. The highest BCUT2D eigenvalue weighted by molar-refractivity contribution is 5.54. The van der Waals surface area contributed by atoms with Crippen LogP contribution in [0.1, 0.15) is 5.69 Å². The van der Waals surface area contributed by atoms with E-state index in [1.807, 2.05) is 0 Å². The first-order valence-electron chi connectivity index (χ1n) is 6.17. The second kappa shape index (κ2) is 7.02. The van der Waals surface area contributed by atoms with Gasteiger partial charge in [-0.05, 0) is 24.3 Å². The van der Waals surface area contributed by atoms with Crippen molar-refractivity contribution in [1.29, 1.82) is 0 Å². The van der Waals surface area contributed by atoms with Gasteiger partial charge in [0.15, 0.2) is 17.5 Å². The van der Waals surface area contributed by atoms with Gasteiger partial charge in [0, 0.05) is 32.0 Å². The van der Waals surface area contributed by atoms with E-state index in [2.05, 4.69) is 15.3 Å². The van der Waals surface area contributed by atoms with Crippen LogP contribution in [-0.4, -0.2) is 30.2 Å². The fourth-order valence-electron chi connectivity index (χ4n) is 1.66. The molecule has 2 rings (SSSR count). The first kappa shape index (κ1) is 14.5. The first-order chi connectivity index (χ1) is 9.70. The molecule has 1 heterocycles. The smallest absolute Gasteiger partial charge is 0.159 e. The molecular weight excluding hydrogens is 264 g/mol. The molecule has 0 amide bonds. The van der Waals surface area contributed by atoms with Gasteiger partial charge >= 0.3 is 0 Å². The highest BCUT2D eigenvalue weighted by Crippen LogP contribution is 2.17. The van der Waals surface area contributed by atoms with Crippen molar-refractivity contribution in [2.75, 3.05) is 20.3 Å². The van der Waals surface area contributed by atoms with Gasteiger partial charge in [-0.3, -0.25) is 0 Å². The van der Waals surface area contributed by atoms with Gasteiger partial charge in [0.2, 0.25) is 0 Å². The summed E-state index contributed by atoms with van der Waals surface area (Å²) in [6.07, 6.45) is 1.59. The maximum Gasteiger partial charge on any atom is 0.159 e. The van der Waals surface area contributed by atoms with Crippen LogP contribution in [0.25, 0.3) is 11.4 Å². The normalized spacial score (nSPS) is 10.8. The van der Waals surface area contributed by atoms with Gasteiger partial charge in [0.05, 0.1) is 12.3 Å². The second-order valence-electron chi connectivity index (χ2n) is 4.17. The van der Waals surface area contributed by atoms with Crippen molar-refractivity contribution in [2.24, 2.45) is 0 Å². The summed E-state index contributed by atoms with van der Waals surface area (Å²) in [7, 11) is 1.63. The molecule has 4 nitrogen and oxygen atoms in total. The molecule has 0 aliphatic heterocycles. The molecular formula is C14H15F2N3O. The number of nitrogens with zero attached hydrogens (tertiary/aromatic N) is 2. The van der Waals surface area contributed by atoms with Crippen molar-refractivity contribution < 1.29 is 13.5 Å². The summed E-state index contributed by atoms with van der Waals surface area (Å²) < 4.78 is 31.0. The number of hydrogen-bond acceptors (Lipinski definition) is 4. The molecule has 0 unspecified atom stereocenters. The van der Waals surface area contributed by atoms with E-state index in [9.17, 15) is 8.78 Å². The highest BCUT2D eigenvalue weighted by Gasteiger charge is 2.07. The Balaban J connectivity index is 2.10. The van der Waals surface area contributed by atoms with Crippen LogP contribution in [0.5, 0.6) is 0 Å². The zero-order chi connectivity index (χ0) is 14.4. The Morgan fingerprint density at radius 3 is 2.80 bits per heavy atom. The van der Waals surface area contributed by atoms with Gasteiger partial charge in [0.25, 0.3) is 0 Å². The number of aromatic nitrogens is 2. The Morgan fingerprint density at radius 1 is 1.20 bits per heavy atom. The third kappa shape index (κ3) is 3.79. The lowest BCUT2D eigenvalue weighted by atomic mass is 10.2. The van der Waals surface area contributed by atoms with Crippen molar-refractivity contribution in [3.05, 3.63) is 47.8 Å². The minimum Gasteiger partial charge on any atom is -0.383 e.